The molecule has 2 aliphatic rings. The van der Waals surface area contributed by atoms with Crippen LogP contribution in [0.4, 0.5) is 11.4 Å². The summed E-state index contributed by atoms with van der Waals surface area (Å²) >= 11 is 0. The lowest BCUT2D eigenvalue weighted by molar-refractivity contribution is -0.141. The van der Waals surface area contributed by atoms with Gasteiger partial charge >= 0.3 is 0 Å². The number of hydrogen-bond acceptors (Lipinski definition) is 7. The first-order chi connectivity index (χ1) is 19.0. The molecule has 3 heterocycles. The van der Waals surface area contributed by atoms with E-state index in [1.54, 1.807) is 18.2 Å². The number of anilines is 2. The number of carbonyl (C=O) groups is 2. The SMILES string of the molecule is COc1cccc(CN(Cc2cccc(N3CCN(C)CC3)c2)c2ccnc(CN3CC(=O)NCC3=O)c2)c1. The number of carbonyl (C=O) groups excluding carboxylic acids is 2. The minimum atomic E-state index is -0.148. The number of amides is 2. The fourth-order valence-electron chi connectivity index (χ4n) is 5.06. The lowest BCUT2D eigenvalue weighted by Crippen LogP contribution is -2.51. The normalized spacial score (nSPS) is 16.3. The van der Waals surface area contributed by atoms with Gasteiger partial charge < -0.3 is 29.7 Å². The fourth-order valence-corrected chi connectivity index (χ4v) is 5.06. The van der Waals surface area contributed by atoms with E-state index in [2.05, 4.69) is 68.4 Å². The maximum absolute atomic E-state index is 12.3. The quantitative estimate of drug-likeness (QED) is 0.457. The van der Waals surface area contributed by atoms with Crippen molar-refractivity contribution in [3.63, 3.8) is 0 Å². The summed E-state index contributed by atoms with van der Waals surface area (Å²) < 4.78 is 5.47. The molecular formula is C30H36N6O3. The number of benzene rings is 2. The third-order valence-electron chi connectivity index (χ3n) is 7.30. The molecule has 0 radical (unpaired) electrons. The number of likely N-dealkylation sites (N-methyl/N-ethyl adjacent to an activating group) is 1. The van der Waals surface area contributed by atoms with Crippen molar-refractivity contribution in [1.29, 1.82) is 0 Å². The topological polar surface area (TPSA) is 81.2 Å². The number of nitrogens with zero attached hydrogens (tertiary/aromatic N) is 5. The molecule has 2 aromatic carbocycles. The average Bonchev–Trinajstić information content (AvgIpc) is 2.95. The number of rotatable bonds is 9. The van der Waals surface area contributed by atoms with E-state index < -0.39 is 0 Å². The highest BCUT2D eigenvalue weighted by Gasteiger charge is 2.24. The maximum atomic E-state index is 12.3. The number of hydrogen-bond donors (Lipinski definition) is 1. The summed E-state index contributed by atoms with van der Waals surface area (Å²) in [6.45, 7) is 5.93. The lowest BCUT2D eigenvalue weighted by atomic mass is 10.1. The number of methoxy groups -OCH3 is 1. The molecule has 0 aliphatic carbocycles. The van der Waals surface area contributed by atoms with E-state index >= 15 is 0 Å². The second-order valence-electron chi connectivity index (χ2n) is 10.2. The molecule has 0 unspecified atom stereocenters. The van der Waals surface area contributed by atoms with Gasteiger partial charge in [-0.1, -0.05) is 24.3 Å². The summed E-state index contributed by atoms with van der Waals surface area (Å²) in [4.78, 5) is 37.4. The van der Waals surface area contributed by atoms with Crippen molar-refractivity contribution < 1.29 is 14.3 Å². The van der Waals surface area contributed by atoms with Gasteiger partial charge in [0, 0.05) is 56.8 Å². The third kappa shape index (κ3) is 6.86. The molecule has 2 amide bonds. The number of piperazine rings is 2. The molecule has 0 spiro atoms. The number of aromatic nitrogens is 1. The van der Waals surface area contributed by atoms with Crippen LogP contribution >= 0.6 is 0 Å². The molecule has 2 aliphatic heterocycles. The Morgan fingerprint density at radius 3 is 2.46 bits per heavy atom. The van der Waals surface area contributed by atoms with Gasteiger partial charge in [0.25, 0.3) is 0 Å². The zero-order chi connectivity index (χ0) is 27.2. The van der Waals surface area contributed by atoms with Crippen LogP contribution in [0.2, 0.25) is 0 Å². The minimum Gasteiger partial charge on any atom is -0.497 e. The van der Waals surface area contributed by atoms with Crippen LogP contribution in [0.3, 0.4) is 0 Å². The molecule has 204 valence electrons. The second kappa shape index (κ2) is 12.2. The zero-order valence-electron chi connectivity index (χ0n) is 22.7. The first kappa shape index (κ1) is 26.5. The van der Waals surface area contributed by atoms with Gasteiger partial charge in [0.2, 0.25) is 11.8 Å². The third-order valence-corrected chi connectivity index (χ3v) is 7.30. The molecule has 5 rings (SSSR count). The minimum absolute atomic E-state index is 0.0319. The molecule has 0 atom stereocenters. The Kier molecular flexibility index (Phi) is 8.27. The van der Waals surface area contributed by atoms with Gasteiger partial charge in [-0.25, -0.2) is 0 Å². The maximum Gasteiger partial charge on any atom is 0.242 e. The Morgan fingerprint density at radius 1 is 0.949 bits per heavy atom. The summed E-state index contributed by atoms with van der Waals surface area (Å²) in [5.74, 6) is 0.572. The Labute approximate surface area is 230 Å². The molecule has 0 bridgehead atoms. The van der Waals surface area contributed by atoms with Crippen molar-refractivity contribution in [2.75, 3.05) is 63.2 Å². The van der Waals surface area contributed by atoms with Gasteiger partial charge in [-0.2, -0.15) is 0 Å². The van der Waals surface area contributed by atoms with Crippen LogP contribution in [0.25, 0.3) is 0 Å². The van der Waals surface area contributed by atoms with Crippen molar-refractivity contribution in [3.8, 4) is 5.75 Å². The molecule has 9 heteroatoms. The van der Waals surface area contributed by atoms with Gasteiger partial charge in [-0.15, -0.1) is 0 Å². The number of ether oxygens (including phenoxy) is 1. The first-order valence-corrected chi connectivity index (χ1v) is 13.4. The van der Waals surface area contributed by atoms with Crippen molar-refractivity contribution in [3.05, 3.63) is 83.7 Å². The molecule has 3 aromatic rings. The van der Waals surface area contributed by atoms with E-state index in [9.17, 15) is 9.59 Å². The zero-order valence-corrected chi connectivity index (χ0v) is 22.7. The smallest absolute Gasteiger partial charge is 0.242 e. The van der Waals surface area contributed by atoms with Crippen LogP contribution in [0, 0.1) is 0 Å². The Hall–Kier alpha value is -4.11. The van der Waals surface area contributed by atoms with Gasteiger partial charge in [0.15, 0.2) is 0 Å². The molecule has 0 saturated carbocycles. The van der Waals surface area contributed by atoms with Crippen molar-refractivity contribution in [2.24, 2.45) is 0 Å². The molecule has 1 N–H and O–H groups in total. The van der Waals surface area contributed by atoms with E-state index in [-0.39, 0.29) is 24.9 Å². The van der Waals surface area contributed by atoms with Crippen molar-refractivity contribution in [2.45, 2.75) is 19.6 Å². The van der Waals surface area contributed by atoms with Crippen LogP contribution in [-0.2, 0) is 29.2 Å². The van der Waals surface area contributed by atoms with Crippen LogP contribution in [0.5, 0.6) is 5.75 Å². The summed E-state index contributed by atoms with van der Waals surface area (Å²) in [6.07, 6.45) is 1.78. The highest BCUT2D eigenvalue weighted by molar-refractivity contribution is 5.92. The summed E-state index contributed by atoms with van der Waals surface area (Å²) in [7, 11) is 3.85. The van der Waals surface area contributed by atoms with E-state index in [0.717, 1.165) is 48.9 Å². The van der Waals surface area contributed by atoms with Crippen LogP contribution in [0.1, 0.15) is 16.8 Å². The summed E-state index contributed by atoms with van der Waals surface area (Å²) in [6, 6.07) is 20.9. The van der Waals surface area contributed by atoms with E-state index in [1.807, 2.05) is 24.3 Å². The van der Waals surface area contributed by atoms with Crippen molar-refractivity contribution in [1.82, 2.24) is 20.1 Å². The Bertz CT molecular complexity index is 1310. The van der Waals surface area contributed by atoms with Gasteiger partial charge in [-0.05, 0) is 54.6 Å². The standard InChI is InChI=1S/C30H36N6O3/c1-33-11-13-34(14-12-33)26-7-3-5-23(15-26)19-35(20-24-6-4-8-28(16-24)39-2)27-9-10-31-25(17-27)21-36-22-29(37)32-18-30(36)38/h3-10,15-17H,11-14,18-22H2,1-2H3,(H,32,37). The van der Waals surface area contributed by atoms with Crippen LogP contribution in [0.15, 0.2) is 66.9 Å². The molecular weight excluding hydrogens is 492 g/mol. The lowest BCUT2D eigenvalue weighted by Gasteiger charge is -2.34. The number of nitrogens with one attached hydrogen (secondary N) is 1. The van der Waals surface area contributed by atoms with Gasteiger partial charge in [-0.3, -0.25) is 14.6 Å². The largest absolute Gasteiger partial charge is 0.497 e. The molecule has 2 saturated heterocycles. The molecule has 9 nitrogen and oxygen atoms in total. The van der Waals surface area contributed by atoms with E-state index in [0.29, 0.717) is 19.6 Å². The summed E-state index contributed by atoms with van der Waals surface area (Å²) in [5, 5.41) is 2.60. The predicted molar refractivity (Wildman–Crippen MR) is 152 cm³/mol. The van der Waals surface area contributed by atoms with Crippen LogP contribution in [-0.4, -0.2) is 80.0 Å². The highest BCUT2D eigenvalue weighted by atomic mass is 16.5. The van der Waals surface area contributed by atoms with Gasteiger partial charge in [0.05, 0.1) is 32.4 Å². The highest BCUT2D eigenvalue weighted by Crippen LogP contribution is 2.25. The first-order valence-electron chi connectivity index (χ1n) is 13.4. The fraction of sp³-hybridized carbons (Fsp3) is 0.367. The van der Waals surface area contributed by atoms with E-state index in [1.165, 1.54) is 11.3 Å². The Balaban J connectivity index is 1.40. The van der Waals surface area contributed by atoms with Crippen molar-refractivity contribution >= 4 is 23.2 Å². The molecule has 2 fully saturated rings. The van der Waals surface area contributed by atoms with Gasteiger partial charge in [0.1, 0.15) is 5.75 Å². The second-order valence-corrected chi connectivity index (χ2v) is 10.2. The predicted octanol–water partition coefficient (Wildman–Crippen LogP) is 2.51. The average molecular weight is 529 g/mol. The van der Waals surface area contributed by atoms with E-state index in [4.69, 9.17) is 4.74 Å². The molecule has 39 heavy (non-hydrogen) atoms. The number of pyridine rings is 1. The summed E-state index contributed by atoms with van der Waals surface area (Å²) in [5.41, 5.74) is 5.35. The monoisotopic (exact) mass is 528 g/mol. The van der Waals surface area contributed by atoms with Crippen LogP contribution < -0.4 is 19.9 Å². The molecule has 1 aromatic heterocycles. The Morgan fingerprint density at radius 2 is 1.69 bits per heavy atom.